The Bertz CT molecular complexity index is 413. The van der Waals surface area contributed by atoms with Crippen molar-refractivity contribution in [2.45, 2.75) is 65.0 Å². The fraction of sp³-hybridized carbons (Fsp3) is 0.882. The molecule has 5 nitrogen and oxygen atoms in total. The standard InChI is InChI=1S/C17H30N2O3/c1-4-7-19(10-16(20)21)12(3)17(22)18-11(2)15-9-13-5-6-14(15)8-13/h11-15H,4-10H2,1-3H3,(H,18,22)(H,20,21). The van der Waals surface area contributed by atoms with Gasteiger partial charge in [0.2, 0.25) is 5.91 Å². The number of carbonyl (C=O) groups excluding carboxylic acids is 1. The molecule has 2 aliphatic carbocycles. The van der Waals surface area contributed by atoms with Crippen molar-refractivity contribution < 1.29 is 14.7 Å². The molecule has 0 radical (unpaired) electrons. The van der Waals surface area contributed by atoms with Crippen LogP contribution in [0, 0.1) is 17.8 Å². The molecule has 0 heterocycles. The van der Waals surface area contributed by atoms with Crippen molar-refractivity contribution in [3.8, 4) is 0 Å². The Balaban J connectivity index is 1.87. The smallest absolute Gasteiger partial charge is 0.317 e. The molecule has 0 saturated heterocycles. The lowest BCUT2D eigenvalue weighted by molar-refractivity contribution is -0.140. The zero-order valence-corrected chi connectivity index (χ0v) is 14.0. The molecule has 2 bridgehead atoms. The highest BCUT2D eigenvalue weighted by Gasteiger charge is 2.42. The Hall–Kier alpha value is -1.10. The highest BCUT2D eigenvalue weighted by atomic mass is 16.4. The summed E-state index contributed by atoms with van der Waals surface area (Å²) in [6.07, 6.45) is 6.09. The van der Waals surface area contributed by atoms with Gasteiger partial charge in [0, 0.05) is 6.04 Å². The number of rotatable bonds is 8. The van der Waals surface area contributed by atoms with Crippen LogP contribution in [-0.4, -0.2) is 47.1 Å². The molecule has 5 atom stereocenters. The second-order valence-corrected chi connectivity index (χ2v) is 7.18. The molecule has 5 unspecified atom stereocenters. The first-order valence-electron chi connectivity index (χ1n) is 8.68. The molecular weight excluding hydrogens is 280 g/mol. The minimum Gasteiger partial charge on any atom is -0.480 e. The average Bonchev–Trinajstić information content (AvgIpc) is 3.08. The van der Waals surface area contributed by atoms with Crippen molar-refractivity contribution in [3.63, 3.8) is 0 Å². The van der Waals surface area contributed by atoms with Crippen LogP contribution in [0.5, 0.6) is 0 Å². The van der Waals surface area contributed by atoms with E-state index in [1.807, 2.05) is 6.92 Å². The van der Waals surface area contributed by atoms with Gasteiger partial charge in [0.05, 0.1) is 12.6 Å². The molecular formula is C17H30N2O3. The highest BCUT2D eigenvalue weighted by Crippen LogP contribution is 2.49. The maximum atomic E-state index is 12.5. The predicted molar refractivity (Wildman–Crippen MR) is 85.5 cm³/mol. The fourth-order valence-corrected chi connectivity index (χ4v) is 4.39. The second kappa shape index (κ2) is 7.44. The first-order valence-corrected chi connectivity index (χ1v) is 8.68. The van der Waals surface area contributed by atoms with Crippen LogP contribution in [-0.2, 0) is 9.59 Å². The summed E-state index contributed by atoms with van der Waals surface area (Å²) in [6.45, 7) is 6.46. The van der Waals surface area contributed by atoms with E-state index in [0.29, 0.717) is 12.5 Å². The van der Waals surface area contributed by atoms with E-state index in [-0.39, 0.29) is 18.5 Å². The molecule has 2 N–H and O–H groups in total. The van der Waals surface area contributed by atoms with Gasteiger partial charge in [0.25, 0.3) is 0 Å². The predicted octanol–water partition coefficient (Wildman–Crippen LogP) is 2.11. The summed E-state index contributed by atoms with van der Waals surface area (Å²) in [5.74, 6) is 1.34. The number of hydrogen-bond donors (Lipinski definition) is 2. The molecule has 5 heteroatoms. The van der Waals surface area contributed by atoms with Crippen molar-refractivity contribution in [1.29, 1.82) is 0 Å². The summed E-state index contributed by atoms with van der Waals surface area (Å²) in [4.78, 5) is 25.2. The third-order valence-electron chi connectivity index (χ3n) is 5.58. The van der Waals surface area contributed by atoms with E-state index in [1.165, 1.54) is 25.7 Å². The van der Waals surface area contributed by atoms with Gasteiger partial charge in [-0.2, -0.15) is 0 Å². The third-order valence-corrected chi connectivity index (χ3v) is 5.58. The maximum absolute atomic E-state index is 12.5. The summed E-state index contributed by atoms with van der Waals surface area (Å²) >= 11 is 0. The molecule has 126 valence electrons. The molecule has 0 aliphatic heterocycles. The van der Waals surface area contributed by atoms with Crippen molar-refractivity contribution in [2.24, 2.45) is 17.8 Å². The van der Waals surface area contributed by atoms with Gasteiger partial charge in [-0.25, -0.2) is 0 Å². The van der Waals surface area contributed by atoms with Crippen molar-refractivity contribution in [1.82, 2.24) is 10.2 Å². The number of carbonyl (C=O) groups is 2. The normalized spacial score (nSPS) is 29.5. The lowest BCUT2D eigenvalue weighted by Crippen LogP contribution is -2.51. The van der Waals surface area contributed by atoms with E-state index >= 15 is 0 Å². The largest absolute Gasteiger partial charge is 0.480 e. The first-order chi connectivity index (χ1) is 10.4. The van der Waals surface area contributed by atoms with E-state index in [4.69, 9.17) is 5.11 Å². The molecule has 2 aliphatic rings. The summed E-state index contributed by atoms with van der Waals surface area (Å²) < 4.78 is 0. The molecule has 0 spiro atoms. The lowest BCUT2D eigenvalue weighted by atomic mass is 9.84. The molecule has 22 heavy (non-hydrogen) atoms. The van der Waals surface area contributed by atoms with Gasteiger partial charge in [-0.05, 0) is 63.8 Å². The van der Waals surface area contributed by atoms with Gasteiger partial charge >= 0.3 is 5.97 Å². The van der Waals surface area contributed by atoms with Gasteiger partial charge in [-0.3, -0.25) is 14.5 Å². The second-order valence-electron chi connectivity index (χ2n) is 7.18. The van der Waals surface area contributed by atoms with Crippen LogP contribution < -0.4 is 5.32 Å². The molecule has 1 amide bonds. The molecule has 0 aromatic carbocycles. The van der Waals surface area contributed by atoms with Gasteiger partial charge in [-0.1, -0.05) is 13.3 Å². The number of carboxylic acids is 1. The monoisotopic (exact) mass is 310 g/mol. The van der Waals surface area contributed by atoms with Gasteiger partial charge in [-0.15, -0.1) is 0 Å². The Morgan fingerprint density at radius 2 is 2.00 bits per heavy atom. The van der Waals surface area contributed by atoms with Crippen molar-refractivity contribution >= 4 is 11.9 Å². The molecule has 0 aromatic heterocycles. The van der Waals surface area contributed by atoms with Crippen molar-refractivity contribution in [2.75, 3.05) is 13.1 Å². The van der Waals surface area contributed by atoms with Crippen molar-refractivity contribution in [3.05, 3.63) is 0 Å². The average molecular weight is 310 g/mol. The Labute approximate surface area is 133 Å². The Morgan fingerprint density at radius 3 is 2.50 bits per heavy atom. The minimum absolute atomic E-state index is 0.0371. The topological polar surface area (TPSA) is 69.6 Å². The van der Waals surface area contributed by atoms with Crippen LogP contribution in [0.2, 0.25) is 0 Å². The van der Waals surface area contributed by atoms with Gasteiger partial charge < -0.3 is 10.4 Å². The summed E-state index contributed by atoms with van der Waals surface area (Å²) in [5.41, 5.74) is 0. The molecule has 2 saturated carbocycles. The first kappa shape index (κ1) is 17.3. The molecule has 2 rings (SSSR count). The van der Waals surface area contributed by atoms with E-state index < -0.39 is 12.0 Å². The quantitative estimate of drug-likeness (QED) is 0.720. The van der Waals surface area contributed by atoms with Crippen LogP contribution in [0.15, 0.2) is 0 Å². The van der Waals surface area contributed by atoms with Gasteiger partial charge in [0.15, 0.2) is 0 Å². The van der Waals surface area contributed by atoms with Crippen LogP contribution in [0.3, 0.4) is 0 Å². The lowest BCUT2D eigenvalue weighted by Gasteiger charge is -2.32. The van der Waals surface area contributed by atoms with E-state index in [2.05, 4.69) is 12.2 Å². The fourth-order valence-electron chi connectivity index (χ4n) is 4.39. The van der Waals surface area contributed by atoms with E-state index in [0.717, 1.165) is 18.3 Å². The van der Waals surface area contributed by atoms with Crippen LogP contribution in [0.25, 0.3) is 0 Å². The Kier molecular flexibility index (Phi) is 5.84. The molecule has 2 fully saturated rings. The Morgan fingerprint density at radius 1 is 1.27 bits per heavy atom. The summed E-state index contributed by atoms with van der Waals surface area (Å²) in [7, 11) is 0. The summed E-state index contributed by atoms with van der Waals surface area (Å²) in [6, 6.07) is -0.198. The highest BCUT2D eigenvalue weighted by molar-refractivity contribution is 5.82. The minimum atomic E-state index is -0.880. The number of hydrogen-bond acceptors (Lipinski definition) is 3. The number of aliphatic carboxylic acids is 1. The van der Waals surface area contributed by atoms with Gasteiger partial charge in [0.1, 0.15) is 0 Å². The number of nitrogens with one attached hydrogen (secondary N) is 1. The SMILES string of the molecule is CCCN(CC(=O)O)C(C)C(=O)NC(C)C1CC2CCC1C2. The molecule has 0 aromatic rings. The number of fused-ring (bicyclic) bond motifs is 2. The number of carboxylic acid groups (broad SMARTS) is 1. The van der Waals surface area contributed by atoms with Crippen LogP contribution in [0.1, 0.15) is 52.9 Å². The van der Waals surface area contributed by atoms with Crippen LogP contribution >= 0.6 is 0 Å². The third kappa shape index (κ3) is 4.00. The zero-order chi connectivity index (χ0) is 16.3. The van der Waals surface area contributed by atoms with E-state index in [9.17, 15) is 9.59 Å². The van der Waals surface area contributed by atoms with Crippen LogP contribution in [0.4, 0.5) is 0 Å². The number of amides is 1. The zero-order valence-electron chi connectivity index (χ0n) is 14.0. The summed E-state index contributed by atoms with van der Waals surface area (Å²) in [5, 5.41) is 12.1. The van der Waals surface area contributed by atoms with E-state index in [1.54, 1.807) is 11.8 Å². The number of nitrogens with zero attached hydrogens (tertiary/aromatic N) is 1. The maximum Gasteiger partial charge on any atom is 0.317 e.